The third-order valence-corrected chi connectivity index (χ3v) is 2.86. The van der Waals surface area contributed by atoms with Crippen molar-refractivity contribution >= 4 is 11.6 Å². The lowest BCUT2D eigenvalue weighted by molar-refractivity contribution is -0.120. The lowest BCUT2D eigenvalue weighted by Crippen LogP contribution is -2.44. The molecular weight excluding hydrogens is 232 g/mol. The standard InChI is InChI=1S/C13H20N2O3/c1-4-9-5-6-12(18-3)11(7-9)15(2)13(17)10(14)8-16/h5-7,10,16H,4,8,14H2,1-3H3. The van der Waals surface area contributed by atoms with E-state index in [0.717, 1.165) is 12.0 Å². The van der Waals surface area contributed by atoms with Gasteiger partial charge in [-0.3, -0.25) is 4.79 Å². The van der Waals surface area contributed by atoms with Gasteiger partial charge in [-0.1, -0.05) is 13.0 Å². The Morgan fingerprint density at radius 3 is 2.72 bits per heavy atom. The molecule has 0 spiro atoms. The number of likely N-dealkylation sites (N-methyl/N-ethyl adjacent to an activating group) is 1. The number of nitrogens with zero attached hydrogens (tertiary/aromatic N) is 1. The SMILES string of the molecule is CCc1ccc(OC)c(N(C)C(=O)C(N)CO)c1. The van der Waals surface area contributed by atoms with Crippen molar-refractivity contribution in [2.75, 3.05) is 25.7 Å². The van der Waals surface area contributed by atoms with E-state index in [1.54, 1.807) is 14.2 Å². The van der Waals surface area contributed by atoms with Crippen LogP contribution < -0.4 is 15.4 Å². The quantitative estimate of drug-likeness (QED) is 0.802. The molecule has 1 unspecified atom stereocenters. The van der Waals surface area contributed by atoms with Gasteiger partial charge >= 0.3 is 0 Å². The lowest BCUT2D eigenvalue weighted by atomic mass is 10.1. The molecule has 5 heteroatoms. The van der Waals surface area contributed by atoms with Crippen LogP contribution in [0, 0.1) is 0 Å². The number of carbonyl (C=O) groups excluding carboxylic acids is 1. The molecule has 0 aliphatic heterocycles. The van der Waals surface area contributed by atoms with E-state index in [0.29, 0.717) is 11.4 Å². The van der Waals surface area contributed by atoms with E-state index >= 15 is 0 Å². The molecule has 0 saturated carbocycles. The van der Waals surface area contributed by atoms with Gasteiger partial charge in [0.25, 0.3) is 0 Å². The highest BCUT2D eigenvalue weighted by atomic mass is 16.5. The molecule has 1 amide bonds. The number of nitrogens with two attached hydrogens (primary N) is 1. The van der Waals surface area contributed by atoms with Crippen LogP contribution in [0.15, 0.2) is 18.2 Å². The molecule has 1 rings (SSSR count). The molecule has 0 radical (unpaired) electrons. The summed E-state index contributed by atoms with van der Waals surface area (Å²) in [6.07, 6.45) is 0.866. The largest absolute Gasteiger partial charge is 0.495 e. The zero-order chi connectivity index (χ0) is 13.7. The summed E-state index contributed by atoms with van der Waals surface area (Å²) in [5.41, 5.74) is 7.29. The highest BCUT2D eigenvalue weighted by Crippen LogP contribution is 2.29. The van der Waals surface area contributed by atoms with Crippen LogP contribution in [-0.4, -0.2) is 37.8 Å². The summed E-state index contributed by atoms with van der Waals surface area (Å²) in [6.45, 7) is 1.66. The second-order valence-electron chi connectivity index (χ2n) is 4.05. The first-order chi connectivity index (χ1) is 8.54. The number of amides is 1. The van der Waals surface area contributed by atoms with E-state index in [2.05, 4.69) is 0 Å². The number of hydrogen-bond donors (Lipinski definition) is 2. The van der Waals surface area contributed by atoms with Crippen LogP contribution in [0.5, 0.6) is 5.75 Å². The summed E-state index contributed by atoms with van der Waals surface area (Å²) in [6, 6.07) is 4.75. The molecule has 0 bridgehead atoms. The number of aryl methyl sites for hydroxylation is 1. The smallest absolute Gasteiger partial charge is 0.246 e. The summed E-state index contributed by atoms with van der Waals surface area (Å²) in [4.78, 5) is 13.3. The van der Waals surface area contributed by atoms with Crippen LogP contribution >= 0.6 is 0 Å². The van der Waals surface area contributed by atoms with Crippen LogP contribution in [0.4, 0.5) is 5.69 Å². The monoisotopic (exact) mass is 252 g/mol. The van der Waals surface area contributed by atoms with E-state index in [-0.39, 0.29) is 12.5 Å². The molecule has 0 saturated heterocycles. The molecule has 0 fully saturated rings. The van der Waals surface area contributed by atoms with Crippen molar-refractivity contribution in [3.63, 3.8) is 0 Å². The Labute approximate surface area is 107 Å². The van der Waals surface area contributed by atoms with Crippen molar-refractivity contribution in [3.8, 4) is 5.75 Å². The fourth-order valence-corrected chi connectivity index (χ4v) is 1.66. The van der Waals surface area contributed by atoms with Gasteiger partial charge in [0.05, 0.1) is 19.4 Å². The Morgan fingerprint density at radius 2 is 2.22 bits per heavy atom. The Hall–Kier alpha value is -1.59. The van der Waals surface area contributed by atoms with Gasteiger partial charge in [0, 0.05) is 7.05 Å². The number of hydrogen-bond acceptors (Lipinski definition) is 4. The number of benzene rings is 1. The fourth-order valence-electron chi connectivity index (χ4n) is 1.66. The van der Waals surface area contributed by atoms with E-state index < -0.39 is 6.04 Å². The summed E-state index contributed by atoms with van der Waals surface area (Å²) < 4.78 is 5.23. The fraction of sp³-hybridized carbons (Fsp3) is 0.462. The minimum Gasteiger partial charge on any atom is -0.495 e. The topological polar surface area (TPSA) is 75.8 Å². The second-order valence-corrected chi connectivity index (χ2v) is 4.05. The van der Waals surface area contributed by atoms with E-state index in [9.17, 15) is 4.79 Å². The average molecular weight is 252 g/mol. The van der Waals surface area contributed by atoms with Crippen LogP contribution in [-0.2, 0) is 11.2 Å². The zero-order valence-electron chi connectivity index (χ0n) is 11.0. The summed E-state index contributed by atoms with van der Waals surface area (Å²) in [5.74, 6) is 0.261. The molecule has 1 aromatic carbocycles. The van der Waals surface area contributed by atoms with Crippen LogP contribution in [0.2, 0.25) is 0 Å². The number of carbonyl (C=O) groups is 1. The van der Waals surface area contributed by atoms with Gasteiger partial charge in [-0.25, -0.2) is 0 Å². The molecule has 0 aliphatic carbocycles. The Balaban J connectivity index is 3.09. The minimum atomic E-state index is -0.912. The maximum absolute atomic E-state index is 11.9. The van der Waals surface area contributed by atoms with Gasteiger partial charge < -0.3 is 20.5 Å². The number of aliphatic hydroxyl groups is 1. The molecule has 1 atom stereocenters. The third-order valence-electron chi connectivity index (χ3n) is 2.86. The maximum Gasteiger partial charge on any atom is 0.246 e. The molecule has 18 heavy (non-hydrogen) atoms. The Kier molecular flexibility index (Phi) is 5.12. The molecule has 0 heterocycles. The number of rotatable bonds is 5. The first-order valence-corrected chi connectivity index (χ1v) is 5.86. The number of anilines is 1. The molecule has 0 aromatic heterocycles. The van der Waals surface area contributed by atoms with Crippen molar-refractivity contribution in [1.29, 1.82) is 0 Å². The summed E-state index contributed by atoms with van der Waals surface area (Å²) >= 11 is 0. The normalized spacial score (nSPS) is 12.1. The number of ether oxygens (including phenoxy) is 1. The number of aliphatic hydroxyl groups excluding tert-OH is 1. The predicted molar refractivity (Wildman–Crippen MR) is 70.8 cm³/mol. The van der Waals surface area contributed by atoms with Crippen molar-refractivity contribution in [1.82, 2.24) is 0 Å². The molecule has 5 nitrogen and oxygen atoms in total. The Bertz CT molecular complexity index is 421. The van der Waals surface area contributed by atoms with Gasteiger partial charge in [0.2, 0.25) is 5.91 Å². The van der Waals surface area contributed by atoms with Gasteiger partial charge in [0.15, 0.2) is 0 Å². The average Bonchev–Trinajstić information content (AvgIpc) is 2.43. The molecule has 0 aliphatic rings. The first-order valence-electron chi connectivity index (χ1n) is 5.86. The van der Waals surface area contributed by atoms with Crippen LogP contribution in [0.1, 0.15) is 12.5 Å². The highest BCUT2D eigenvalue weighted by molar-refractivity contribution is 5.98. The van der Waals surface area contributed by atoms with Crippen molar-refractivity contribution < 1.29 is 14.6 Å². The van der Waals surface area contributed by atoms with Crippen LogP contribution in [0.25, 0.3) is 0 Å². The second kappa shape index (κ2) is 6.37. The van der Waals surface area contributed by atoms with Gasteiger partial charge in [0.1, 0.15) is 11.8 Å². The first kappa shape index (κ1) is 14.5. The van der Waals surface area contributed by atoms with E-state index in [4.69, 9.17) is 15.6 Å². The van der Waals surface area contributed by atoms with Gasteiger partial charge in [-0.2, -0.15) is 0 Å². The zero-order valence-corrected chi connectivity index (χ0v) is 11.0. The van der Waals surface area contributed by atoms with Gasteiger partial charge in [-0.15, -0.1) is 0 Å². The maximum atomic E-state index is 11.9. The van der Waals surface area contributed by atoms with Crippen molar-refractivity contribution in [2.24, 2.45) is 5.73 Å². The van der Waals surface area contributed by atoms with Gasteiger partial charge in [-0.05, 0) is 24.1 Å². The minimum absolute atomic E-state index is 0.343. The van der Waals surface area contributed by atoms with E-state index in [1.165, 1.54) is 4.90 Å². The van der Waals surface area contributed by atoms with E-state index in [1.807, 2.05) is 25.1 Å². The number of methoxy groups -OCH3 is 1. The molecule has 1 aromatic rings. The summed E-state index contributed by atoms with van der Waals surface area (Å²) in [7, 11) is 3.17. The van der Waals surface area contributed by atoms with Crippen molar-refractivity contribution in [2.45, 2.75) is 19.4 Å². The van der Waals surface area contributed by atoms with Crippen LogP contribution in [0.3, 0.4) is 0 Å². The molecule has 100 valence electrons. The molecule has 3 N–H and O–H groups in total. The predicted octanol–water partition coefficient (Wildman–Crippen LogP) is 0.540. The highest BCUT2D eigenvalue weighted by Gasteiger charge is 2.21. The summed E-state index contributed by atoms with van der Waals surface area (Å²) in [5, 5.41) is 8.92. The Morgan fingerprint density at radius 1 is 1.56 bits per heavy atom. The molecular formula is C13H20N2O3. The lowest BCUT2D eigenvalue weighted by Gasteiger charge is -2.23. The van der Waals surface area contributed by atoms with Crippen molar-refractivity contribution in [3.05, 3.63) is 23.8 Å². The third kappa shape index (κ3) is 3.00.